The molecule has 1 saturated heterocycles. The van der Waals surface area contributed by atoms with Crippen LogP contribution in [0.4, 0.5) is 5.69 Å². The number of rotatable bonds is 8. The first kappa shape index (κ1) is 23.3. The summed E-state index contributed by atoms with van der Waals surface area (Å²) in [5.74, 6) is -1.73. The van der Waals surface area contributed by atoms with Gasteiger partial charge in [0.1, 0.15) is 6.23 Å². The van der Waals surface area contributed by atoms with Crippen molar-refractivity contribution in [2.45, 2.75) is 17.5 Å². The van der Waals surface area contributed by atoms with Gasteiger partial charge < -0.3 is 15.4 Å². The summed E-state index contributed by atoms with van der Waals surface area (Å²) in [5.41, 5.74) is 0.781. The molecule has 11 nitrogen and oxygen atoms in total. The molecule has 1 aliphatic heterocycles. The third kappa shape index (κ3) is 5.66. The standard InChI is InChI=1S/C20H22N4O7S/c25-19(21-11-10-15-4-2-1-3-5-15)20(26)22-14-18-23(12-13-31-18)32(29,30)17-8-6-16(7-9-17)24(27)28/h1-9,18H,10-14H2,(H,21,25)(H,22,26)/t18-/m0/s1. The van der Waals surface area contributed by atoms with E-state index in [1.807, 2.05) is 30.3 Å². The summed E-state index contributed by atoms with van der Waals surface area (Å²) in [5, 5.41) is 15.7. The normalized spacial score (nSPS) is 16.4. The van der Waals surface area contributed by atoms with Gasteiger partial charge in [-0.3, -0.25) is 19.7 Å². The number of carbonyl (C=O) groups is 2. The lowest BCUT2D eigenvalue weighted by Gasteiger charge is -2.22. The molecule has 12 heteroatoms. The minimum atomic E-state index is -4.01. The molecule has 1 atom stereocenters. The van der Waals surface area contributed by atoms with E-state index < -0.39 is 33.0 Å². The third-order valence-corrected chi connectivity index (χ3v) is 6.69. The van der Waals surface area contributed by atoms with Crippen LogP contribution in [-0.2, 0) is 30.8 Å². The fourth-order valence-corrected chi connectivity index (χ4v) is 4.63. The Kier molecular flexibility index (Phi) is 7.51. The van der Waals surface area contributed by atoms with Crippen LogP contribution >= 0.6 is 0 Å². The van der Waals surface area contributed by atoms with Crippen molar-refractivity contribution in [2.24, 2.45) is 0 Å². The van der Waals surface area contributed by atoms with E-state index in [1.165, 1.54) is 0 Å². The van der Waals surface area contributed by atoms with Gasteiger partial charge in [-0.1, -0.05) is 30.3 Å². The largest absolute Gasteiger partial charge is 0.359 e. The average molecular weight is 462 g/mol. The Bertz CT molecular complexity index is 1070. The molecule has 0 spiro atoms. The molecule has 3 rings (SSSR count). The molecule has 0 aromatic heterocycles. The van der Waals surface area contributed by atoms with Crippen LogP contribution in [0.25, 0.3) is 0 Å². The molecule has 0 aliphatic carbocycles. The summed E-state index contributed by atoms with van der Waals surface area (Å²) in [4.78, 5) is 34.0. The quantitative estimate of drug-likeness (QED) is 0.328. The zero-order valence-corrected chi connectivity index (χ0v) is 17.8. The van der Waals surface area contributed by atoms with Crippen molar-refractivity contribution in [3.05, 3.63) is 70.3 Å². The van der Waals surface area contributed by atoms with Gasteiger partial charge in [-0.2, -0.15) is 4.31 Å². The van der Waals surface area contributed by atoms with Crippen LogP contribution in [0.1, 0.15) is 5.56 Å². The monoisotopic (exact) mass is 462 g/mol. The van der Waals surface area contributed by atoms with Crippen LogP contribution in [0.15, 0.2) is 59.5 Å². The second-order valence-electron chi connectivity index (χ2n) is 6.89. The van der Waals surface area contributed by atoms with Crippen molar-refractivity contribution in [1.82, 2.24) is 14.9 Å². The minimum Gasteiger partial charge on any atom is -0.359 e. The van der Waals surface area contributed by atoms with Gasteiger partial charge in [0.15, 0.2) is 0 Å². The zero-order chi connectivity index (χ0) is 23.1. The van der Waals surface area contributed by atoms with Crippen LogP contribution in [0.3, 0.4) is 0 Å². The van der Waals surface area contributed by atoms with Gasteiger partial charge in [-0.05, 0) is 24.1 Å². The summed E-state index contributed by atoms with van der Waals surface area (Å²) in [6, 6.07) is 13.9. The Hall–Kier alpha value is -3.35. The second kappa shape index (κ2) is 10.3. The SMILES string of the molecule is O=C(NCCc1ccccc1)C(=O)NC[C@@H]1OCCN1S(=O)(=O)c1ccc([N+](=O)[O-])cc1. The number of non-ortho nitro benzene ring substituents is 1. The molecule has 0 saturated carbocycles. The number of ether oxygens (including phenoxy) is 1. The maximum Gasteiger partial charge on any atom is 0.309 e. The van der Waals surface area contributed by atoms with Crippen LogP contribution < -0.4 is 10.6 Å². The fraction of sp³-hybridized carbons (Fsp3) is 0.300. The summed E-state index contributed by atoms with van der Waals surface area (Å²) >= 11 is 0. The van der Waals surface area contributed by atoms with Crippen molar-refractivity contribution >= 4 is 27.5 Å². The number of amides is 2. The molecule has 32 heavy (non-hydrogen) atoms. The number of sulfonamides is 1. The molecule has 2 N–H and O–H groups in total. The molecular formula is C20H22N4O7S. The Morgan fingerprint density at radius 3 is 2.38 bits per heavy atom. The van der Waals surface area contributed by atoms with Gasteiger partial charge in [0.25, 0.3) is 5.69 Å². The number of nitrogens with one attached hydrogen (secondary N) is 2. The Balaban J connectivity index is 1.53. The lowest BCUT2D eigenvalue weighted by Crippen LogP contribution is -2.47. The van der Waals surface area contributed by atoms with Gasteiger partial charge in [-0.15, -0.1) is 0 Å². The molecule has 0 radical (unpaired) electrons. The maximum atomic E-state index is 12.9. The number of hydrogen-bond acceptors (Lipinski definition) is 7. The molecule has 170 valence electrons. The average Bonchev–Trinajstić information content (AvgIpc) is 3.27. The highest BCUT2D eigenvalue weighted by Crippen LogP contribution is 2.24. The molecule has 1 heterocycles. The Morgan fingerprint density at radius 2 is 1.72 bits per heavy atom. The van der Waals surface area contributed by atoms with Crippen molar-refractivity contribution in [2.75, 3.05) is 26.2 Å². The van der Waals surface area contributed by atoms with Gasteiger partial charge in [0.2, 0.25) is 10.0 Å². The van der Waals surface area contributed by atoms with Crippen LogP contribution in [0.2, 0.25) is 0 Å². The number of benzene rings is 2. The first-order valence-corrected chi connectivity index (χ1v) is 11.2. The molecule has 2 amide bonds. The molecule has 1 fully saturated rings. The van der Waals surface area contributed by atoms with E-state index in [9.17, 15) is 28.1 Å². The van der Waals surface area contributed by atoms with Crippen molar-refractivity contribution < 1.29 is 27.7 Å². The Morgan fingerprint density at radius 1 is 1.06 bits per heavy atom. The van der Waals surface area contributed by atoms with E-state index in [0.29, 0.717) is 6.42 Å². The molecule has 0 unspecified atom stereocenters. The molecule has 1 aliphatic rings. The second-order valence-corrected chi connectivity index (χ2v) is 8.78. The van der Waals surface area contributed by atoms with E-state index in [4.69, 9.17) is 4.74 Å². The maximum absolute atomic E-state index is 12.9. The number of hydrogen-bond donors (Lipinski definition) is 2. The highest BCUT2D eigenvalue weighted by atomic mass is 32.2. The van der Waals surface area contributed by atoms with Crippen molar-refractivity contribution in [3.8, 4) is 0 Å². The van der Waals surface area contributed by atoms with E-state index >= 15 is 0 Å². The van der Waals surface area contributed by atoms with Crippen LogP contribution in [0, 0.1) is 10.1 Å². The van der Waals surface area contributed by atoms with Crippen molar-refractivity contribution in [3.63, 3.8) is 0 Å². The number of nitro groups is 1. The zero-order valence-electron chi connectivity index (χ0n) is 17.0. The van der Waals surface area contributed by atoms with Gasteiger partial charge in [0, 0.05) is 25.2 Å². The molecule has 2 aromatic rings. The lowest BCUT2D eigenvalue weighted by atomic mass is 10.1. The third-order valence-electron chi connectivity index (χ3n) is 4.78. The van der Waals surface area contributed by atoms with Gasteiger partial charge >= 0.3 is 11.8 Å². The first-order chi connectivity index (χ1) is 15.3. The highest BCUT2D eigenvalue weighted by molar-refractivity contribution is 7.89. The van der Waals surface area contributed by atoms with Gasteiger partial charge in [-0.25, -0.2) is 8.42 Å². The van der Waals surface area contributed by atoms with Gasteiger partial charge in [0.05, 0.1) is 23.0 Å². The predicted molar refractivity (Wildman–Crippen MR) is 113 cm³/mol. The fourth-order valence-electron chi connectivity index (χ4n) is 3.12. The Labute approximate surface area is 184 Å². The molecular weight excluding hydrogens is 440 g/mol. The van der Waals surface area contributed by atoms with E-state index in [2.05, 4.69) is 10.6 Å². The van der Waals surface area contributed by atoms with E-state index in [1.54, 1.807) is 0 Å². The molecule has 2 aromatic carbocycles. The van der Waals surface area contributed by atoms with Crippen LogP contribution in [-0.4, -0.2) is 61.9 Å². The summed E-state index contributed by atoms with van der Waals surface area (Å²) in [7, 11) is -4.01. The van der Waals surface area contributed by atoms with E-state index in [-0.39, 0.29) is 36.8 Å². The van der Waals surface area contributed by atoms with Crippen molar-refractivity contribution in [1.29, 1.82) is 0 Å². The number of nitrogens with zero attached hydrogens (tertiary/aromatic N) is 2. The summed E-state index contributed by atoms with van der Waals surface area (Å²) < 4.78 is 32.2. The number of nitro benzene ring substituents is 1. The van der Waals surface area contributed by atoms with Crippen LogP contribution in [0.5, 0.6) is 0 Å². The highest BCUT2D eigenvalue weighted by Gasteiger charge is 2.36. The van der Waals surface area contributed by atoms with E-state index in [0.717, 1.165) is 34.1 Å². The predicted octanol–water partition coefficient (Wildman–Crippen LogP) is 0.417. The minimum absolute atomic E-state index is 0.0448. The number of carbonyl (C=O) groups excluding carboxylic acids is 2. The smallest absolute Gasteiger partial charge is 0.309 e. The summed E-state index contributed by atoms with van der Waals surface area (Å²) in [6.07, 6.45) is -0.441. The summed E-state index contributed by atoms with van der Waals surface area (Å²) in [6.45, 7) is 0.202. The first-order valence-electron chi connectivity index (χ1n) is 9.77. The lowest BCUT2D eigenvalue weighted by molar-refractivity contribution is -0.384. The molecule has 0 bridgehead atoms. The topological polar surface area (TPSA) is 148 Å².